The summed E-state index contributed by atoms with van der Waals surface area (Å²) in [5.41, 5.74) is 0.338. The Labute approximate surface area is 165 Å². The summed E-state index contributed by atoms with van der Waals surface area (Å²) >= 11 is 0. The summed E-state index contributed by atoms with van der Waals surface area (Å²) in [6, 6.07) is 4.30. The molecule has 2 fully saturated rings. The second-order valence-corrected chi connectivity index (χ2v) is 7.56. The average Bonchev–Trinajstić information content (AvgIpc) is 3.24. The van der Waals surface area contributed by atoms with Gasteiger partial charge in [-0.2, -0.15) is 0 Å². The third-order valence-corrected chi connectivity index (χ3v) is 5.63. The van der Waals surface area contributed by atoms with E-state index in [0.29, 0.717) is 37.5 Å². The van der Waals surface area contributed by atoms with Crippen molar-refractivity contribution in [3.8, 4) is 5.75 Å². The Morgan fingerprint density at radius 1 is 1.29 bits per heavy atom. The van der Waals surface area contributed by atoms with E-state index in [2.05, 4.69) is 5.32 Å². The minimum Gasteiger partial charge on any atom is -0.494 e. The van der Waals surface area contributed by atoms with Crippen LogP contribution in [0, 0.1) is 11.7 Å². The van der Waals surface area contributed by atoms with Gasteiger partial charge in [0.2, 0.25) is 5.91 Å². The number of carbonyl (C=O) groups excluding carboxylic acids is 2. The van der Waals surface area contributed by atoms with Crippen LogP contribution in [0.5, 0.6) is 5.75 Å². The predicted octanol–water partition coefficient (Wildman–Crippen LogP) is 2.76. The van der Waals surface area contributed by atoms with Crippen molar-refractivity contribution in [3.63, 3.8) is 0 Å². The lowest BCUT2D eigenvalue weighted by molar-refractivity contribution is -0.122. The van der Waals surface area contributed by atoms with Crippen molar-refractivity contribution in [2.45, 2.75) is 44.6 Å². The molecular weight excluding hydrogens is 363 g/mol. The van der Waals surface area contributed by atoms with Gasteiger partial charge < -0.3 is 19.7 Å². The molecule has 3 rings (SSSR count). The van der Waals surface area contributed by atoms with Crippen LogP contribution in [0.3, 0.4) is 0 Å². The molecule has 2 heterocycles. The fourth-order valence-electron chi connectivity index (χ4n) is 3.86. The maximum absolute atomic E-state index is 13.8. The fourth-order valence-corrected chi connectivity index (χ4v) is 3.86. The number of amides is 2. The first-order valence-electron chi connectivity index (χ1n) is 10.1. The summed E-state index contributed by atoms with van der Waals surface area (Å²) < 4.78 is 24.2. The number of ether oxygens (including phenoxy) is 2. The molecule has 1 atom stereocenters. The molecule has 28 heavy (non-hydrogen) atoms. The molecule has 2 saturated heterocycles. The van der Waals surface area contributed by atoms with Crippen LogP contribution < -0.4 is 10.1 Å². The second kappa shape index (κ2) is 9.87. The Morgan fingerprint density at radius 3 is 2.71 bits per heavy atom. The van der Waals surface area contributed by atoms with E-state index in [1.165, 1.54) is 19.2 Å². The zero-order valence-electron chi connectivity index (χ0n) is 16.4. The van der Waals surface area contributed by atoms with Crippen LogP contribution in [-0.2, 0) is 9.53 Å². The lowest BCUT2D eigenvalue weighted by atomic mass is 9.91. The molecule has 6 nitrogen and oxygen atoms in total. The largest absolute Gasteiger partial charge is 0.494 e. The van der Waals surface area contributed by atoms with Gasteiger partial charge in [0.25, 0.3) is 5.91 Å². The standard InChI is InChI=1S/C21H29FN2O4/c1-27-19-6-5-16(13-18(19)22)21(26)24-10-8-15(9-11-24)4-7-20(25)23-14-17-3-2-12-28-17/h5-6,13,15,17H,2-4,7-12,14H2,1H3,(H,23,25)/t17-/m1/s1. The predicted molar refractivity (Wildman–Crippen MR) is 103 cm³/mol. The highest BCUT2D eigenvalue weighted by atomic mass is 19.1. The molecule has 1 aromatic rings. The molecule has 0 aliphatic carbocycles. The molecule has 2 aliphatic rings. The van der Waals surface area contributed by atoms with Gasteiger partial charge >= 0.3 is 0 Å². The number of benzene rings is 1. The number of carbonyl (C=O) groups is 2. The number of halogens is 1. The van der Waals surface area contributed by atoms with E-state index in [-0.39, 0.29) is 23.7 Å². The number of hydrogen-bond acceptors (Lipinski definition) is 4. The monoisotopic (exact) mass is 392 g/mol. The lowest BCUT2D eigenvalue weighted by Gasteiger charge is -2.32. The minimum atomic E-state index is -0.530. The van der Waals surface area contributed by atoms with Crippen molar-refractivity contribution in [2.75, 3.05) is 33.4 Å². The van der Waals surface area contributed by atoms with Crippen molar-refractivity contribution in [1.82, 2.24) is 10.2 Å². The molecule has 2 amide bonds. The van der Waals surface area contributed by atoms with Crippen molar-refractivity contribution in [3.05, 3.63) is 29.6 Å². The summed E-state index contributed by atoms with van der Waals surface area (Å²) in [5, 5.41) is 2.95. The van der Waals surface area contributed by atoms with Gasteiger partial charge in [0.05, 0.1) is 13.2 Å². The first-order chi connectivity index (χ1) is 13.6. The first-order valence-corrected chi connectivity index (χ1v) is 10.1. The third kappa shape index (κ3) is 5.44. The Bertz CT molecular complexity index is 683. The molecule has 0 spiro atoms. The Balaban J connectivity index is 1.38. The smallest absolute Gasteiger partial charge is 0.253 e. The molecule has 0 bridgehead atoms. The minimum absolute atomic E-state index is 0.0720. The van der Waals surface area contributed by atoms with Gasteiger partial charge in [-0.3, -0.25) is 9.59 Å². The maximum Gasteiger partial charge on any atom is 0.253 e. The van der Waals surface area contributed by atoms with Crippen LogP contribution in [0.4, 0.5) is 4.39 Å². The highest BCUT2D eigenvalue weighted by Crippen LogP contribution is 2.24. The molecule has 1 aromatic carbocycles. The summed E-state index contributed by atoms with van der Waals surface area (Å²) in [6.07, 6.45) is 5.32. The van der Waals surface area contributed by atoms with Crippen LogP contribution in [-0.4, -0.2) is 56.2 Å². The number of piperidine rings is 1. The van der Waals surface area contributed by atoms with Crippen LogP contribution in [0.15, 0.2) is 18.2 Å². The molecule has 0 saturated carbocycles. The summed E-state index contributed by atoms with van der Waals surface area (Å²) in [7, 11) is 1.40. The highest BCUT2D eigenvalue weighted by molar-refractivity contribution is 5.94. The van der Waals surface area contributed by atoms with Crippen LogP contribution in [0.2, 0.25) is 0 Å². The summed E-state index contributed by atoms with van der Waals surface area (Å²) in [6.45, 7) is 2.66. The topological polar surface area (TPSA) is 67.9 Å². The van der Waals surface area contributed by atoms with E-state index >= 15 is 0 Å². The lowest BCUT2D eigenvalue weighted by Crippen LogP contribution is -2.39. The number of methoxy groups -OCH3 is 1. The molecule has 1 N–H and O–H groups in total. The zero-order chi connectivity index (χ0) is 19.9. The quantitative estimate of drug-likeness (QED) is 0.775. The summed E-state index contributed by atoms with van der Waals surface area (Å²) in [5.74, 6) is -0.0487. The second-order valence-electron chi connectivity index (χ2n) is 7.56. The van der Waals surface area contributed by atoms with Crippen molar-refractivity contribution in [2.24, 2.45) is 5.92 Å². The Morgan fingerprint density at radius 2 is 2.07 bits per heavy atom. The van der Waals surface area contributed by atoms with Gasteiger partial charge in [-0.15, -0.1) is 0 Å². The van der Waals surface area contributed by atoms with E-state index in [9.17, 15) is 14.0 Å². The van der Waals surface area contributed by atoms with Gasteiger partial charge in [0.1, 0.15) is 0 Å². The van der Waals surface area contributed by atoms with Crippen molar-refractivity contribution >= 4 is 11.8 Å². The molecule has 0 aromatic heterocycles. The zero-order valence-corrected chi connectivity index (χ0v) is 16.4. The number of hydrogen-bond donors (Lipinski definition) is 1. The maximum atomic E-state index is 13.8. The van der Waals surface area contributed by atoms with Crippen molar-refractivity contribution < 1.29 is 23.5 Å². The first kappa shape index (κ1) is 20.6. The molecule has 2 aliphatic heterocycles. The third-order valence-electron chi connectivity index (χ3n) is 5.63. The number of nitrogens with zero attached hydrogens (tertiary/aromatic N) is 1. The van der Waals surface area contributed by atoms with Gasteiger partial charge in [-0.1, -0.05) is 0 Å². The Kier molecular flexibility index (Phi) is 7.25. The molecule has 0 unspecified atom stereocenters. The number of rotatable bonds is 7. The van der Waals surface area contributed by atoms with Gasteiger partial charge in [-0.05, 0) is 56.2 Å². The molecule has 0 radical (unpaired) electrons. The molecule has 7 heteroatoms. The normalized spacial score (nSPS) is 20.2. The number of nitrogens with one attached hydrogen (secondary N) is 1. The average molecular weight is 392 g/mol. The SMILES string of the molecule is COc1ccc(C(=O)N2CCC(CCC(=O)NC[C@H]3CCCO3)CC2)cc1F. The molecular formula is C21H29FN2O4. The highest BCUT2D eigenvalue weighted by Gasteiger charge is 2.25. The van der Waals surface area contributed by atoms with E-state index in [1.54, 1.807) is 11.0 Å². The number of likely N-dealkylation sites (tertiary alicyclic amines) is 1. The van der Waals surface area contributed by atoms with Gasteiger partial charge in [0, 0.05) is 38.2 Å². The Hall–Kier alpha value is -2.15. The van der Waals surface area contributed by atoms with Crippen LogP contribution >= 0.6 is 0 Å². The summed E-state index contributed by atoms with van der Waals surface area (Å²) in [4.78, 5) is 26.3. The van der Waals surface area contributed by atoms with E-state index in [1.807, 2.05) is 0 Å². The van der Waals surface area contributed by atoms with E-state index in [0.717, 1.165) is 38.7 Å². The van der Waals surface area contributed by atoms with Gasteiger partial charge in [0.15, 0.2) is 11.6 Å². The van der Waals surface area contributed by atoms with Crippen LogP contribution in [0.25, 0.3) is 0 Å². The van der Waals surface area contributed by atoms with Gasteiger partial charge in [-0.25, -0.2) is 4.39 Å². The molecule has 154 valence electrons. The van der Waals surface area contributed by atoms with Crippen LogP contribution in [0.1, 0.15) is 48.9 Å². The van der Waals surface area contributed by atoms with E-state index < -0.39 is 5.82 Å². The van der Waals surface area contributed by atoms with Crippen molar-refractivity contribution in [1.29, 1.82) is 0 Å². The van der Waals surface area contributed by atoms with E-state index in [4.69, 9.17) is 9.47 Å². The fraction of sp³-hybridized carbons (Fsp3) is 0.619.